The van der Waals surface area contributed by atoms with Gasteiger partial charge in [-0.1, -0.05) is 25.1 Å². The van der Waals surface area contributed by atoms with Crippen molar-refractivity contribution in [3.8, 4) is 6.07 Å². The minimum Gasteiger partial charge on any atom is -0.310 e. The average Bonchev–Trinajstić information content (AvgIpc) is 2.38. The normalized spacial score (nSPS) is 24.7. The van der Waals surface area contributed by atoms with E-state index in [2.05, 4.69) is 30.3 Å². The lowest BCUT2D eigenvalue weighted by molar-refractivity contribution is 0.174. The summed E-state index contributed by atoms with van der Waals surface area (Å²) in [5.41, 5.74) is 1.89. The van der Waals surface area contributed by atoms with Crippen LogP contribution < -0.4 is 5.32 Å². The van der Waals surface area contributed by atoms with Gasteiger partial charge in [0.25, 0.3) is 0 Å². The molecule has 1 N–H and O–H groups in total. The molecule has 1 aliphatic rings. The maximum Gasteiger partial charge on any atom is 0.0995 e. The highest BCUT2D eigenvalue weighted by atomic mass is 15.1. The molecule has 3 nitrogen and oxygen atoms in total. The lowest BCUT2D eigenvalue weighted by Gasteiger charge is -2.35. The van der Waals surface area contributed by atoms with Crippen LogP contribution in [-0.4, -0.2) is 31.1 Å². The van der Waals surface area contributed by atoms with Gasteiger partial charge in [0.05, 0.1) is 11.6 Å². The molecule has 0 bridgehead atoms. The van der Waals surface area contributed by atoms with Crippen molar-refractivity contribution in [2.75, 3.05) is 20.1 Å². The summed E-state index contributed by atoms with van der Waals surface area (Å²) in [6.07, 6.45) is 1.19. The summed E-state index contributed by atoms with van der Waals surface area (Å²) in [6.45, 7) is 5.39. The summed E-state index contributed by atoms with van der Waals surface area (Å²) >= 11 is 0. The van der Waals surface area contributed by atoms with Crippen molar-refractivity contribution in [2.24, 2.45) is 5.92 Å². The fourth-order valence-electron chi connectivity index (χ4n) is 2.68. The van der Waals surface area contributed by atoms with Gasteiger partial charge in [-0.3, -0.25) is 0 Å². The molecule has 0 saturated carbocycles. The number of rotatable bonds is 3. The van der Waals surface area contributed by atoms with Crippen molar-refractivity contribution in [1.29, 1.82) is 5.26 Å². The average molecular weight is 243 g/mol. The van der Waals surface area contributed by atoms with Gasteiger partial charge in [0.1, 0.15) is 0 Å². The zero-order valence-electron chi connectivity index (χ0n) is 11.2. The minimum absolute atomic E-state index is 0.563. The summed E-state index contributed by atoms with van der Waals surface area (Å²) < 4.78 is 0. The number of hydrogen-bond acceptors (Lipinski definition) is 3. The third kappa shape index (κ3) is 3.10. The maximum atomic E-state index is 9.06. The predicted molar refractivity (Wildman–Crippen MR) is 73.1 cm³/mol. The first-order valence-electron chi connectivity index (χ1n) is 6.60. The van der Waals surface area contributed by atoms with E-state index >= 15 is 0 Å². The SMILES string of the molecule is CC1CN(C)CCC1NCc1ccccc1C#N. The van der Waals surface area contributed by atoms with Gasteiger partial charge in [-0.2, -0.15) is 5.26 Å². The molecule has 2 rings (SSSR count). The molecule has 0 aliphatic carbocycles. The second-order valence-electron chi connectivity index (χ2n) is 5.28. The Bertz CT molecular complexity index is 436. The van der Waals surface area contributed by atoms with Crippen LogP contribution in [0.25, 0.3) is 0 Å². The van der Waals surface area contributed by atoms with Crippen LogP contribution >= 0.6 is 0 Å². The Morgan fingerprint density at radius 2 is 2.22 bits per heavy atom. The monoisotopic (exact) mass is 243 g/mol. The van der Waals surface area contributed by atoms with Crippen LogP contribution in [0.1, 0.15) is 24.5 Å². The molecule has 0 radical (unpaired) electrons. The number of piperidine rings is 1. The molecule has 2 unspecified atom stereocenters. The van der Waals surface area contributed by atoms with Crippen molar-refractivity contribution in [2.45, 2.75) is 25.9 Å². The Morgan fingerprint density at radius 3 is 2.94 bits per heavy atom. The van der Waals surface area contributed by atoms with E-state index in [9.17, 15) is 0 Å². The Balaban J connectivity index is 1.94. The van der Waals surface area contributed by atoms with E-state index in [1.165, 1.54) is 6.42 Å². The second-order valence-corrected chi connectivity index (χ2v) is 5.28. The zero-order chi connectivity index (χ0) is 13.0. The van der Waals surface area contributed by atoms with E-state index in [0.29, 0.717) is 12.0 Å². The quantitative estimate of drug-likeness (QED) is 0.882. The molecule has 0 amide bonds. The van der Waals surface area contributed by atoms with Crippen molar-refractivity contribution in [3.05, 3.63) is 35.4 Å². The molecule has 18 heavy (non-hydrogen) atoms. The Kier molecular flexibility index (Phi) is 4.35. The highest BCUT2D eigenvalue weighted by Crippen LogP contribution is 2.16. The molecule has 1 fully saturated rings. The van der Waals surface area contributed by atoms with Gasteiger partial charge in [-0.25, -0.2) is 0 Å². The van der Waals surface area contributed by atoms with Gasteiger partial charge in [-0.05, 0) is 37.6 Å². The number of nitrogens with one attached hydrogen (secondary N) is 1. The van der Waals surface area contributed by atoms with Crippen molar-refractivity contribution >= 4 is 0 Å². The number of hydrogen-bond donors (Lipinski definition) is 1. The molecule has 0 spiro atoms. The highest BCUT2D eigenvalue weighted by molar-refractivity contribution is 5.37. The fourth-order valence-corrected chi connectivity index (χ4v) is 2.68. The molecule has 2 atom stereocenters. The summed E-state index contributed by atoms with van der Waals surface area (Å²) in [5, 5.41) is 12.7. The summed E-state index contributed by atoms with van der Waals surface area (Å²) in [7, 11) is 2.18. The van der Waals surface area contributed by atoms with Crippen LogP contribution in [0.3, 0.4) is 0 Å². The van der Waals surface area contributed by atoms with E-state index < -0.39 is 0 Å². The molecule has 1 aromatic rings. The van der Waals surface area contributed by atoms with Gasteiger partial charge < -0.3 is 10.2 Å². The van der Waals surface area contributed by atoms with Crippen LogP contribution in [0, 0.1) is 17.2 Å². The predicted octanol–water partition coefficient (Wildman–Crippen LogP) is 1.99. The third-order valence-electron chi connectivity index (χ3n) is 3.80. The third-order valence-corrected chi connectivity index (χ3v) is 3.80. The molecular formula is C15H21N3. The van der Waals surface area contributed by atoms with Gasteiger partial charge in [-0.15, -0.1) is 0 Å². The molecule has 1 aromatic carbocycles. The van der Waals surface area contributed by atoms with E-state index in [4.69, 9.17) is 5.26 Å². The highest BCUT2D eigenvalue weighted by Gasteiger charge is 2.23. The van der Waals surface area contributed by atoms with Crippen LogP contribution in [0.15, 0.2) is 24.3 Å². The van der Waals surface area contributed by atoms with Crippen molar-refractivity contribution in [3.63, 3.8) is 0 Å². The smallest absolute Gasteiger partial charge is 0.0995 e. The topological polar surface area (TPSA) is 39.1 Å². The number of nitrogens with zero attached hydrogens (tertiary/aromatic N) is 2. The molecular weight excluding hydrogens is 222 g/mol. The maximum absolute atomic E-state index is 9.06. The molecule has 1 saturated heterocycles. The van der Waals surface area contributed by atoms with E-state index in [0.717, 1.165) is 30.8 Å². The molecule has 1 heterocycles. The number of likely N-dealkylation sites (tertiary alicyclic amines) is 1. The van der Waals surface area contributed by atoms with Gasteiger partial charge in [0.2, 0.25) is 0 Å². The van der Waals surface area contributed by atoms with Gasteiger partial charge >= 0.3 is 0 Å². The summed E-state index contributed by atoms with van der Waals surface area (Å²) in [6, 6.07) is 10.6. The Hall–Kier alpha value is -1.37. The summed E-state index contributed by atoms with van der Waals surface area (Å²) in [5.74, 6) is 0.665. The first-order chi connectivity index (χ1) is 8.70. The lowest BCUT2D eigenvalue weighted by atomic mass is 9.94. The van der Waals surface area contributed by atoms with Crippen LogP contribution in [0.2, 0.25) is 0 Å². The lowest BCUT2D eigenvalue weighted by Crippen LogP contribution is -2.46. The van der Waals surface area contributed by atoms with Gasteiger partial charge in [0, 0.05) is 19.1 Å². The van der Waals surface area contributed by atoms with E-state index in [1.807, 2.05) is 24.3 Å². The standard InChI is InChI=1S/C15H21N3/c1-12-11-18(2)8-7-15(12)17-10-14-6-4-3-5-13(14)9-16/h3-6,12,15,17H,7-8,10-11H2,1-2H3. The molecule has 96 valence electrons. The molecule has 1 aliphatic heterocycles. The molecule has 0 aromatic heterocycles. The summed E-state index contributed by atoms with van der Waals surface area (Å²) in [4.78, 5) is 2.38. The molecule has 3 heteroatoms. The zero-order valence-corrected chi connectivity index (χ0v) is 11.2. The van der Waals surface area contributed by atoms with E-state index in [1.54, 1.807) is 0 Å². The first-order valence-corrected chi connectivity index (χ1v) is 6.60. The van der Waals surface area contributed by atoms with Gasteiger partial charge in [0.15, 0.2) is 0 Å². The largest absolute Gasteiger partial charge is 0.310 e. The Labute approximate surface area is 109 Å². The first kappa shape index (κ1) is 13.1. The van der Waals surface area contributed by atoms with Crippen LogP contribution in [-0.2, 0) is 6.54 Å². The fraction of sp³-hybridized carbons (Fsp3) is 0.533. The number of benzene rings is 1. The van der Waals surface area contributed by atoms with Crippen molar-refractivity contribution in [1.82, 2.24) is 10.2 Å². The Morgan fingerprint density at radius 1 is 1.44 bits per heavy atom. The second kappa shape index (κ2) is 5.99. The van der Waals surface area contributed by atoms with Crippen LogP contribution in [0.5, 0.6) is 0 Å². The minimum atomic E-state index is 0.563. The van der Waals surface area contributed by atoms with Crippen LogP contribution in [0.4, 0.5) is 0 Å². The van der Waals surface area contributed by atoms with Crippen molar-refractivity contribution < 1.29 is 0 Å². The van der Waals surface area contributed by atoms with E-state index in [-0.39, 0.29) is 0 Å². The number of nitriles is 1.